The largest absolute Gasteiger partial charge is 0.507 e. The lowest BCUT2D eigenvalue weighted by Gasteiger charge is -2.25. The Bertz CT molecular complexity index is 1220. The van der Waals surface area contributed by atoms with Crippen molar-refractivity contribution in [2.75, 3.05) is 6.61 Å². The molecule has 2 heterocycles. The van der Waals surface area contributed by atoms with Gasteiger partial charge in [-0.05, 0) is 53.6 Å². The second kappa shape index (κ2) is 9.71. The van der Waals surface area contributed by atoms with E-state index in [1.807, 2.05) is 6.07 Å². The Morgan fingerprint density at radius 3 is 2.64 bits per heavy atom. The maximum Gasteiger partial charge on any atom is 0.295 e. The van der Waals surface area contributed by atoms with Gasteiger partial charge < -0.3 is 14.7 Å². The van der Waals surface area contributed by atoms with E-state index in [0.29, 0.717) is 28.5 Å². The van der Waals surface area contributed by atoms with Gasteiger partial charge in [0, 0.05) is 29.5 Å². The summed E-state index contributed by atoms with van der Waals surface area (Å²) in [5, 5.41) is 11.6. The van der Waals surface area contributed by atoms with Gasteiger partial charge in [-0.25, -0.2) is 0 Å². The van der Waals surface area contributed by atoms with Crippen LogP contribution in [0.5, 0.6) is 5.75 Å². The number of carbonyl (C=O) groups excluding carboxylic acids is 2. The van der Waals surface area contributed by atoms with Crippen LogP contribution >= 0.6 is 11.6 Å². The SMILES string of the molecule is C=CCOc1cccc([C@H]2C(=C(O)c3ccc(Cl)cc3)C(=O)C(=O)N2Cc2cccnc2)c1. The van der Waals surface area contributed by atoms with Crippen molar-refractivity contribution in [1.82, 2.24) is 9.88 Å². The maximum absolute atomic E-state index is 13.1. The average Bonchev–Trinajstić information content (AvgIpc) is 3.08. The summed E-state index contributed by atoms with van der Waals surface area (Å²) < 4.78 is 5.65. The van der Waals surface area contributed by atoms with Crippen molar-refractivity contribution in [3.05, 3.63) is 113 Å². The molecule has 0 radical (unpaired) electrons. The molecule has 7 heteroatoms. The zero-order valence-electron chi connectivity index (χ0n) is 17.6. The van der Waals surface area contributed by atoms with Crippen molar-refractivity contribution < 1.29 is 19.4 Å². The molecule has 0 saturated carbocycles. The molecule has 0 bridgehead atoms. The van der Waals surface area contributed by atoms with Gasteiger partial charge >= 0.3 is 0 Å². The fourth-order valence-electron chi connectivity index (χ4n) is 3.77. The summed E-state index contributed by atoms with van der Waals surface area (Å²) in [6, 6.07) is 16.3. The summed E-state index contributed by atoms with van der Waals surface area (Å²) in [5.41, 5.74) is 1.79. The molecule has 0 unspecified atom stereocenters. The summed E-state index contributed by atoms with van der Waals surface area (Å²) >= 11 is 5.97. The number of amides is 1. The number of ether oxygens (including phenoxy) is 1. The minimum atomic E-state index is -0.812. The lowest BCUT2D eigenvalue weighted by atomic mass is 9.95. The number of aromatic nitrogens is 1. The highest BCUT2D eigenvalue weighted by molar-refractivity contribution is 6.46. The molecule has 1 aromatic heterocycles. The van der Waals surface area contributed by atoms with Crippen molar-refractivity contribution in [2.45, 2.75) is 12.6 Å². The number of rotatable bonds is 7. The molecule has 166 valence electrons. The molecule has 1 saturated heterocycles. The lowest BCUT2D eigenvalue weighted by molar-refractivity contribution is -0.140. The van der Waals surface area contributed by atoms with Crippen molar-refractivity contribution in [3.8, 4) is 5.75 Å². The van der Waals surface area contributed by atoms with E-state index in [1.54, 1.807) is 73.1 Å². The first-order valence-electron chi connectivity index (χ1n) is 10.3. The average molecular weight is 461 g/mol. The second-order valence-corrected chi connectivity index (χ2v) is 7.90. The number of likely N-dealkylation sites (tertiary alicyclic amines) is 1. The number of aliphatic hydroxyl groups excluding tert-OH is 1. The topological polar surface area (TPSA) is 79.7 Å². The predicted octanol–water partition coefficient (Wildman–Crippen LogP) is 4.92. The highest BCUT2D eigenvalue weighted by Crippen LogP contribution is 2.41. The Kier molecular flexibility index (Phi) is 6.56. The second-order valence-electron chi connectivity index (χ2n) is 7.47. The van der Waals surface area contributed by atoms with Crippen LogP contribution in [-0.2, 0) is 16.1 Å². The van der Waals surface area contributed by atoms with Crippen LogP contribution in [0, 0.1) is 0 Å². The molecule has 1 fully saturated rings. The number of carbonyl (C=O) groups is 2. The third-order valence-electron chi connectivity index (χ3n) is 5.28. The van der Waals surface area contributed by atoms with Crippen molar-refractivity contribution >= 4 is 29.1 Å². The normalized spacial score (nSPS) is 17.2. The Morgan fingerprint density at radius 2 is 1.94 bits per heavy atom. The molecular formula is C26H21ClN2O4. The van der Waals surface area contributed by atoms with Crippen LogP contribution in [0.25, 0.3) is 5.76 Å². The van der Waals surface area contributed by atoms with Crippen LogP contribution in [-0.4, -0.2) is 33.3 Å². The van der Waals surface area contributed by atoms with Crippen LogP contribution in [0.2, 0.25) is 5.02 Å². The number of ketones is 1. The van der Waals surface area contributed by atoms with Gasteiger partial charge in [0.25, 0.3) is 11.7 Å². The molecule has 1 N–H and O–H groups in total. The zero-order valence-corrected chi connectivity index (χ0v) is 18.4. The number of hydrogen-bond acceptors (Lipinski definition) is 5. The van der Waals surface area contributed by atoms with E-state index < -0.39 is 17.7 Å². The van der Waals surface area contributed by atoms with Crippen LogP contribution in [0.3, 0.4) is 0 Å². The number of hydrogen-bond donors (Lipinski definition) is 1. The molecule has 2 aromatic carbocycles. The highest BCUT2D eigenvalue weighted by atomic mass is 35.5. The quantitative estimate of drug-likeness (QED) is 0.234. The third-order valence-corrected chi connectivity index (χ3v) is 5.53. The zero-order chi connectivity index (χ0) is 23.4. The van der Waals surface area contributed by atoms with Crippen molar-refractivity contribution in [3.63, 3.8) is 0 Å². The van der Waals surface area contributed by atoms with Gasteiger partial charge in [-0.15, -0.1) is 0 Å². The highest BCUT2D eigenvalue weighted by Gasteiger charge is 2.46. The van der Waals surface area contributed by atoms with E-state index in [9.17, 15) is 14.7 Å². The number of nitrogens with zero attached hydrogens (tertiary/aromatic N) is 2. The molecule has 1 amide bonds. The third kappa shape index (κ3) is 4.66. The first kappa shape index (κ1) is 22.3. The van der Waals surface area contributed by atoms with Gasteiger partial charge in [-0.2, -0.15) is 0 Å². The van der Waals surface area contributed by atoms with Gasteiger partial charge in [-0.3, -0.25) is 14.6 Å². The molecule has 1 aliphatic heterocycles. The van der Waals surface area contributed by atoms with Crippen LogP contribution in [0.1, 0.15) is 22.7 Å². The molecule has 6 nitrogen and oxygen atoms in total. The lowest BCUT2D eigenvalue weighted by Crippen LogP contribution is -2.29. The van der Waals surface area contributed by atoms with Gasteiger partial charge in [0.2, 0.25) is 0 Å². The first-order chi connectivity index (χ1) is 16.0. The Morgan fingerprint density at radius 1 is 1.15 bits per heavy atom. The number of benzene rings is 2. The van der Waals surface area contributed by atoms with Gasteiger partial charge in [-0.1, -0.05) is 42.5 Å². The van der Waals surface area contributed by atoms with E-state index in [4.69, 9.17) is 16.3 Å². The molecule has 3 aromatic rings. The smallest absolute Gasteiger partial charge is 0.295 e. The fraction of sp³-hybridized carbons (Fsp3) is 0.115. The van der Waals surface area contributed by atoms with Crippen LogP contribution in [0.15, 0.2) is 91.3 Å². The van der Waals surface area contributed by atoms with Crippen molar-refractivity contribution in [1.29, 1.82) is 0 Å². The van der Waals surface area contributed by atoms with Crippen LogP contribution < -0.4 is 4.74 Å². The summed E-state index contributed by atoms with van der Waals surface area (Å²) in [5.74, 6) is -1.16. The van der Waals surface area contributed by atoms with E-state index in [2.05, 4.69) is 11.6 Å². The number of halogens is 1. The molecule has 1 aliphatic rings. The Labute approximate surface area is 196 Å². The van der Waals surface area contributed by atoms with Gasteiger partial charge in [0.1, 0.15) is 18.1 Å². The number of pyridine rings is 1. The minimum absolute atomic E-state index is 0.00656. The Hall–Kier alpha value is -3.90. The standard InChI is InChI=1S/C26H21ClN2O4/c1-2-13-33-21-7-3-6-19(14-21)23-22(24(30)18-8-10-20(27)11-9-18)25(31)26(32)29(23)16-17-5-4-12-28-15-17/h2-12,14-15,23,30H,1,13,16H2/t23-/m0/s1. The minimum Gasteiger partial charge on any atom is -0.507 e. The number of aliphatic hydroxyl groups is 1. The van der Waals surface area contributed by atoms with E-state index >= 15 is 0 Å². The first-order valence-corrected chi connectivity index (χ1v) is 10.6. The fourth-order valence-corrected chi connectivity index (χ4v) is 3.90. The van der Waals surface area contributed by atoms with Gasteiger partial charge in [0.15, 0.2) is 0 Å². The van der Waals surface area contributed by atoms with E-state index in [1.165, 1.54) is 4.90 Å². The maximum atomic E-state index is 13.1. The Balaban J connectivity index is 1.84. The molecule has 1 atom stereocenters. The van der Waals surface area contributed by atoms with E-state index in [0.717, 1.165) is 5.56 Å². The molecule has 0 spiro atoms. The molecular weight excluding hydrogens is 440 g/mol. The summed E-state index contributed by atoms with van der Waals surface area (Å²) in [4.78, 5) is 31.8. The summed E-state index contributed by atoms with van der Waals surface area (Å²) in [6.07, 6.45) is 4.90. The van der Waals surface area contributed by atoms with E-state index in [-0.39, 0.29) is 17.9 Å². The van der Waals surface area contributed by atoms with Gasteiger partial charge in [0.05, 0.1) is 11.6 Å². The molecule has 33 heavy (non-hydrogen) atoms. The van der Waals surface area contributed by atoms with Crippen molar-refractivity contribution in [2.24, 2.45) is 0 Å². The molecule has 0 aliphatic carbocycles. The predicted molar refractivity (Wildman–Crippen MR) is 126 cm³/mol. The molecule has 4 rings (SSSR count). The monoisotopic (exact) mass is 460 g/mol. The summed E-state index contributed by atoms with van der Waals surface area (Å²) in [7, 11) is 0. The number of Topliss-reactive ketones (excluding diaryl/α,β-unsaturated/α-hetero) is 1. The van der Waals surface area contributed by atoms with Crippen LogP contribution in [0.4, 0.5) is 0 Å². The summed E-state index contributed by atoms with van der Waals surface area (Å²) in [6.45, 7) is 4.11.